The van der Waals surface area contributed by atoms with E-state index in [0.717, 1.165) is 38.5 Å². The molecule has 0 N–H and O–H groups in total. The Morgan fingerprint density at radius 3 is 1.22 bits per heavy atom. The van der Waals surface area contributed by atoms with Crippen LogP contribution in [0.2, 0.25) is 0 Å². The minimum Gasteiger partial charge on any atom is -0.779 e. The van der Waals surface area contributed by atoms with E-state index in [1.165, 1.54) is 0 Å². The number of hydrogen-bond acceptors (Lipinski definition) is 6. The third kappa shape index (κ3) is 22.8. The molecule has 0 aromatic rings. The zero-order valence-corrected chi connectivity index (χ0v) is 17.6. The normalized spacial score (nSPS) is 15.6. The van der Waals surface area contributed by atoms with Crippen molar-refractivity contribution >= 4 is 15.2 Å². The third-order valence-corrected chi connectivity index (χ3v) is 5.55. The molecule has 6 nitrogen and oxygen atoms in total. The quantitative estimate of drug-likeness (QED) is 0.356. The maximum atomic E-state index is 10.8. The smallest absolute Gasteiger partial charge is 0.779 e. The SMILES string of the molecule is CCCCCOP(=O)([O-])CC.CCCCCOP(=O)([O-])CC.[Co+2]. The zero-order valence-electron chi connectivity index (χ0n) is 14.7. The van der Waals surface area contributed by atoms with Gasteiger partial charge in [0.25, 0.3) is 0 Å². The molecule has 0 spiro atoms. The van der Waals surface area contributed by atoms with E-state index in [9.17, 15) is 18.9 Å². The molecule has 143 valence electrons. The molecule has 2 unspecified atom stereocenters. The summed E-state index contributed by atoms with van der Waals surface area (Å²) < 4.78 is 30.9. The molecule has 0 saturated heterocycles. The van der Waals surface area contributed by atoms with Crippen molar-refractivity contribution in [1.29, 1.82) is 0 Å². The fraction of sp³-hybridized carbons (Fsp3) is 1.00. The minimum atomic E-state index is -3.46. The summed E-state index contributed by atoms with van der Waals surface area (Å²) in [5, 5.41) is 0. The molecule has 0 rings (SSSR count). The van der Waals surface area contributed by atoms with Crippen molar-refractivity contribution in [2.24, 2.45) is 0 Å². The van der Waals surface area contributed by atoms with Crippen LogP contribution in [0.5, 0.6) is 0 Å². The maximum absolute atomic E-state index is 10.8. The Hall–Kier alpha value is 0.806. The van der Waals surface area contributed by atoms with Crippen molar-refractivity contribution in [3.63, 3.8) is 0 Å². The molecule has 2 atom stereocenters. The predicted molar refractivity (Wildman–Crippen MR) is 87.2 cm³/mol. The molecule has 9 heteroatoms. The Balaban J connectivity index is -0.000000333. The summed E-state index contributed by atoms with van der Waals surface area (Å²) in [6.45, 7) is 8.01. The van der Waals surface area contributed by atoms with Crippen LogP contribution in [0.4, 0.5) is 0 Å². The largest absolute Gasteiger partial charge is 2.00 e. The molecule has 0 aliphatic carbocycles. The number of hydrogen-bond donors (Lipinski definition) is 0. The first-order valence-corrected chi connectivity index (χ1v) is 11.6. The molecule has 0 saturated carbocycles. The van der Waals surface area contributed by atoms with Crippen LogP contribution in [0.25, 0.3) is 0 Å². The molecule has 0 aromatic carbocycles. The Labute approximate surface area is 152 Å². The second-order valence-corrected chi connectivity index (χ2v) is 9.16. The summed E-state index contributed by atoms with van der Waals surface area (Å²) >= 11 is 0. The van der Waals surface area contributed by atoms with Gasteiger partial charge in [-0.25, -0.2) is 0 Å². The van der Waals surface area contributed by atoms with E-state index in [-0.39, 0.29) is 29.1 Å². The van der Waals surface area contributed by atoms with Crippen LogP contribution in [0.3, 0.4) is 0 Å². The van der Waals surface area contributed by atoms with Gasteiger partial charge in [0.05, 0.1) is 13.2 Å². The van der Waals surface area contributed by atoms with Gasteiger partial charge in [0.15, 0.2) is 0 Å². The van der Waals surface area contributed by atoms with E-state index in [4.69, 9.17) is 0 Å². The summed E-state index contributed by atoms with van der Waals surface area (Å²) in [6.07, 6.45) is 6.09. The van der Waals surface area contributed by atoms with Gasteiger partial charge in [0.1, 0.15) is 15.2 Å². The topological polar surface area (TPSA) is 98.7 Å². The molecule has 23 heavy (non-hydrogen) atoms. The van der Waals surface area contributed by atoms with Crippen molar-refractivity contribution in [2.75, 3.05) is 25.5 Å². The Kier molecular flexibility index (Phi) is 21.9. The Bertz CT molecular complexity index is 309. The molecular weight excluding hydrogens is 385 g/mol. The molecule has 0 aliphatic rings. The maximum Gasteiger partial charge on any atom is 2.00 e. The summed E-state index contributed by atoms with van der Waals surface area (Å²) in [5.74, 6) is 0. The molecule has 0 bridgehead atoms. The predicted octanol–water partition coefficient (Wildman–Crippen LogP) is 3.53. The van der Waals surface area contributed by atoms with Gasteiger partial charge in [-0.3, -0.25) is 0 Å². The van der Waals surface area contributed by atoms with Gasteiger partial charge in [-0.05, 0) is 12.8 Å². The Morgan fingerprint density at radius 2 is 1.00 bits per heavy atom. The van der Waals surface area contributed by atoms with Crippen molar-refractivity contribution in [2.45, 2.75) is 66.2 Å². The van der Waals surface area contributed by atoms with Gasteiger partial charge in [-0.1, -0.05) is 53.4 Å². The summed E-state index contributed by atoms with van der Waals surface area (Å²) in [5.41, 5.74) is 0. The molecular formula is C14H32CoO6P2. The van der Waals surface area contributed by atoms with Gasteiger partial charge in [0.2, 0.25) is 0 Å². The van der Waals surface area contributed by atoms with Crippen LogP contribution in [-0.2, 0) is 35.0 Å². The zero-order chi connectivity index (χ0) is 17.5. The summed E-state index contributed by atoms with van der Waals surface area (Å²) in [4.78, 5) is 21.5. The Morgan fingerprint density at radius 1 is 0.696 bits per heavy atom. The molecule has 0 aromatic heterocycles. The van der Waals surface area contributed by atoms with E-state index < -0.39 is 15.2 Å². The van der Waals surface area contributed by atoms with Gasteiger partial charge in [-0.15, -0.1) is 0 Å². The average molecular weight is 417 g/mol. The number of rotatable bonds is 12. The van der Waals surface area contributed by atoms with Crippen LogP contribution in [0, 0.1) is 0 Å². The van der Waals surface area contributed by atoms with Gasteiger partial charge in [-0.2, -0.15) is 0 Å². The van der Waals surface area contributed by atoms with Crippen LogP contribution >= 0.6 is 15.2 Å². The monoisotopic (exact) mass is 417 g/mol. The molecule has 1 radical (unpaired) electrons. The van der Waals surface area contributed by atoms with E-state index in [0.29, 0.717) is 13.2 Å². The van der Waals surface area contributed by atoms with Crippen molar-refractivity contribution in [3.05, 3.63) is 0 Å². The van der Waals surface area contributed by atoms with Crippen LogP contribution < -0.4 is 9.79 Å². The fourth-order valence-corrected chi connectivity index (χ4v) is 2.47. The van der Waals surface area contributed by atoms with Gasteiger partial charge < -0.3 is 28.0 Å². The first kappa shape index (κ1) is 28.6. The van der Waals surface area contributed by atoms with Gasteiger partial charge >= 0.3 is 16.8 Å². The van der Waals surface area contributed by atoms with Crippen molar-refractivity contribution in [1.82, 2.24) is 0 Å². The standard InChI is InChI=1S/2C7H17O3P.Co/c2*1-3-5-6-7-10-11(8,9)4-2;/h2*3-7H2,1-2H3,(H,8,9);/q;;+2/p-2. The molecule has 0 amide bonds. The molecule has 0 aliphatic heterocycles. The summed E-state index contributed by atoms with van der Waals surface area (Å²) in [6, 6.07) is 0. The third-order valence-electron chi connectivity index (χ3n) is 2.85. The minimum absolute atomic E-state index is 0. The van der Waals surface area contributed by atoms with E-state index in [1.807, 2.05) is 0 Å². The van der Waals surface area contributed by atoms with E-state index >= 15 is 0 Å². The second-order valence-electron chi connectivity index (χ2n) is 4.93. The van der Waals surface area contributed by atoms with Crippen molar-refractivity contribution in [3.8, 4) is 0 Å². The summed E-state index contributed by atoms with van der Waals surface area (Å²) in [7, 11) is -6.93. The second kappa shape index (κ2) is 17.6. The van der Waals surface area contributed by atoms with E-state index in [2.05, 4.69) is 22.9 Å². The van der Waals surface area contributed by atoms with Crippen LogP contribution in [-0.4, -0.2) is 25.5 Å². The molecule has 0 fully saturated rings. The number of unbranched alkanes of at least 4 members (excludes halogenated alkanes) is 4. The van der Waals surface area contributed by atoms with Crippen LogP contribution in [0.15, 0.2) is 0 Å². The van der Waals surface area contributed by atoms with Crippen LogP contribution in [0.1, 0.15) is 66.2 Å². The van der Waals surface area contributed by atoms with Crippen molar-refractivity contribution < 1.29 is 44.7 Å². The van der Waals surface area contributed by atoms with E-state index in [1.54, 1.807) is 13.8 Å². The van der Waals surface area contributed by atoms with Gasteiger partial charge in [0, 0.05) is 12.3 Å². The fourth-order valence-electron chi connectivity index (χ4n) is 1.29. The average Bonchev–Trinajstić information content (AvgIpc) is 2.49. The molecule has 0 heterocycles. The first-order valence-electron chi connectivity index (χ1n) is 8.13. The first-order chi connectivity index (χ1) is 10.2.